The van der Waals surface area contributed by atoms with Gasteiger partial charge in [0.25, 0.3) is 11.8 Å². The topological polar surface area (TPSA) is 122 Å². The minimum atomic E-state index is -2.80. The van der Waals surface area contributed by atoms with E-state index in [1.54, 1.807) is 6.92 Å². The summed E-state index contributed by atoms with van der Waals surface area (Å²) in [6, 6.07) is -0.335. The zero-order valence-electron chi connectivity index (χ0n) is 22.4. The van der Waals surface area contributed by atoms with Crippen molar-refractivity contribution < 1.29 is 41.6 Å². The van der Waals surface area contributed by atoms with Gasteiger partial charge in [-0.1, -0.05) is 5.16 Å². The van der Waals surface area contributed by atoms with Crippen molar-refractivity contribution in [2.45, 2.75) is 50.4 Å². The number of nitrogens with one attached hydrogen (secondary N) is 1. The van der Waals surface area contributed by atoms with E-state index in [1.165, 1.54) is 9.47 Å². The molecule has 0 saturated carbocycles. The van der Waals surface area contributed by atoms with Crippen LogP contribution >= 0.6 is 0 Å². The van der Waals surface area contributed by atoms with Gasteiger partial charge in [-0.05, 0) is 19.8 Å². The van der Waals surface area contributed by atoms with E-state index < -0.39 is 82.5 Å². The summed E-state index contributed by atoms with van der Waals surface area (Å²) in [6.45, 7) is 1.03. The van der Waals surface area contributed by atoms with Gasteiger partial charge in [0.05, 0.1) is 23.6 Å². The van der Waals surface area contributed by atoms with Gasteiger partial charge in [0.2, 0.25) is 11.3 Å². The van der Waals surface area contributed by atoms with Crippen LogP contribution in [-0.2, 0) is 16.1 Å². The average molecular weight is 523 g/mol. The van der Waals surface area contributed by atoms with Crippen molar-refractivity contribution in [1.82, 2.24) is 14.8 Å². The third-order valence-electron chi connectivity index (χ3n) is 7.18. The van der Waals surface area contributed by atoms with Gasteiger partial charge in [-0.15, -0.1) is 0 Å². The van der Waals surface area contributed by atoms with Crippen LogP contribution < -0.4 is 10.7 Å². The van der Waals surface area contributed by atoms with Crippen LogP contribution in [0.15, 0.2) is 28.3 Å². The monoisotopic (exact) mass is 523 g/mol. The fraction of sp³-hybridized carbons (Fsp3) is 0.417. The highest BCUT2D eigenvalue weighted by atomic mass is 19.1. The molecule has 0 unspecified atom stereocenters. The first-order chi connectivity index (χ1) is 18.7. The number of ether oxygens (including phenoxy) is 1. The van der Waals surface area contributed by atoms with E-state index in [0.717, 1.165) is 6.20 Å². The van der Waals surface area contributed by atoms with E-state index in [2.05, 4.69) is 10.5 Å². The molecule has 1 aromatic heterocycles. The number of nitrogens with zero attached hydrogens (tertiary/aromatic N) is 3. The van der Waals surface area contributed by atoms with Crippen molar-refractivity contribution in [2.75, 3.05) is 13.6 Å². The van der Waals surface area contributed by atoms with Gasteiger partial charge in [-0.3, -0.25) is 14.4 Å². The standard InChI is InChI=1S/C24H23F3N4O6/c1-11-3-4-24(7-18(36-2)29-37-24)17-10-30(11)23(35)19-21(33)20(32)14(9-31(17)19)22(34)28-8-13-15(26)5-12(25)6-16(13)27/h5-6,9,11,17,33H,3-4,7-8,10H2,1-2H3,(H,28,34)/t11-,17+,24-/m0/s1/i2D3. The summed E-state index contributed by atoms with van der Waals surface area (Å²) in [7, 11) is -2.80. The Morgan fingerprint density at radius 2 is 2.08 bits per heavy atom. The summed E-state index contributed by atoms with van der Waals surface area (Å²) in [5.41, 5.74) is -4.16. The number of oxime groups is 1. The van der Waals surface area contributed by atoms with E-state index in [4.69, 9.17) is 13.7 Å². The van der Waals surface area contributed by atoms with Crippen molar-refractivity contribution >= 4 is 17.7 Å². The molecule has 0 radical (unpaired) electrons. The van der Waals surface area contributed by atoms with Crippen molar-refractivity contribution in [1.29, 1.82) is 0 Å². The van der Waals surface area contributed by atoms with E-state index in [0.29, 0.717) is 18.6 Å². The molecular formula is C24H23F3N4O6. The zero-order valence-corrected chi connectivity index (χ0v) is 19.4. The average Bonchev–Trinajstić information content (AvgIpc) is 3.20. The lowest BCUT2D eigenvalue weighted by Gasteiger charge is -2.41. The number of halogens is 3. The molecule has 3 aliphatic rings. The number of methoxy groups -OCH3 is 1. The van der Waals surface area contributed by atoms with Crippen molar-refractivity contribution in [3.05, 3.63) is 62.8 Å². The second-order valence-corrected chi connectivity index (χ2v) is 9.29. The molecule has 2 N–H and O–H groups in total. The molecule has 1 saturated heterocycles. The van der Waals surface area contributed by atoms with Gasteiger partial charge in [-0.25, -0.2) is 13.2 Å². The lowest BCUT2D eigenvalue weighted by Crippen LogP contribution is -2.52. The number of pyridine rings is 1. The molecular weight excluding hydrogens is 497 g/mol. The Balaban J connectivity index is 1.53. The number of amides is 2. The molecule has 2 aromatic rings. The maximum absolute atomic E-state index is 14.0. The molecule has 3 aliphatic heterocycles. The van der Waals surface area contributed by atoms with Crippen molar-refractivity contribution in [3.63, 3.8) is 0 Å². The fourth-order valence-electron chi connectivity index (χ4n) is 5.14. The zero-order chi connectivity index (χ0) is 29.1. The third kappa shape index (κ3) is 3.89. The number of rotatable bonds is 3. The quantitative estimate of drug-likeness (QED) is 0.636. The van der Waals surface area contributed by atoms with Crippen LogP contribution in [0.25, 0.3) is 0 Å². The summed E-state index contributed by atoms with van der Waals surface area (Å²) < 4.78 is 69.5. The number of carbonyl (C=O) groups excluding carboxylic acids is 2. The van der Waals surface area contributed by atoms with Crippen molar-refractivity contribution in [3.8, 4) is 5.75 Å². The number of fused-ring (bicyclic) bond motifs is 5. The molecule has 1 fully saturated rings. The van der Waals surface area contributed by atoms with E-state index >= 15 is 0 Å². The SMILES string of the molecule is [2H]C([2H])([2H])OC1=NO[C@@]2(CC[C@H](C)N3C[C@H]2n2cc(C(=O)NCc4c(F)cc(F)cc4F)c(=O)c(O)c2C3=O)C1. The summed E-state index contributed by atoms with van der Waals surface area (Å²) in [4.78, 5) is 46.5. The van der Waals surface area contributed by atoms with Gasteiger partial charge in [0.1, 0.15) is 23.0 Å². The predicted molar refractivity (Wildman–Crippen MR) is 121 cm³/mol. The molecule has 1 aromatic carbocycles. The summed E-state index contributed by atoms with van der Waals surface area (Å²) in [5, 5.41) is 16.8. The first kappa shape index (κ1) is 21.1. The summed E-state index contributed by atoms with van der Waals surface area (Å²) in [6.07, 6.45) is 1.60. The first-order valence-corrected chi connectivity index (χ1v) is 11.4. The molecule has 37 heavy (non-hydrogen) atoms. The Morgan fingerprint density at radius 3 is 2.78 bits per heavy atom. The summed E-state index contributed by atoms with van der Waals surface area (Å²) in [5.74, 6) is -6.68. The minimum Gasteiger partial charge on any atom is -0.503 e. The smallest absolute Gasteiger partial charge is 0.274 e. The largest absolute Gasteiger partial charge is 0.503 e. The van der Waals surface area contributed by atoms with Gasteiger partial charge < -0.3 is 29.5 Å². The fourth-order valence-corrected chi connectivity index (χ4v) is 5.14. The normalized spacial score (nSPS) is 25.8. The van der Waals surface area contributed by atoms with Crippen molar-refractivity contribution in [2.24, 2.45) is 5.16 Å². The Hall–Kier alpha value is -4.03. The van der Waals surface area contributed by atoms with E-state index in [9.17, 15) is 32.7 Å². The lowest BCUT2D eigenvalue weighted by molar-refractivity contribution is -0.0655. The summed E-state index contributed by atoms with van der Waals surface area (Å²) >= 11 is 0. The van der Waals surface area contributed by atoms with Gasteiger partial charge in [0, 0.05) is 43.0 Å². The molecule has 4 heterocycles. The lowest BCUT2D eigenvalue weighted by atomic mass is 9.85. The Kier molecular flexibility index (Phi) is 5.03. The molecule has 3 atom stereocenters. The molecule has 1 spiro atoms. The molecule has 2 bridgehead atoms. The molecule has 0 aliphatic carbocycles. The molecule has 2 amide bonds. The number of hydrogen-bond donors (Lipinski definition) is 2. The Bertz CT molecular complexity index is 1490. The van der Waals surface area contributed by atoms with Crippen LogP contribution in [0.5, 0.6) is 5.75 Å². The highest BCUT2D eigenvalue weighted by Gasteiger charge is 2.54. The van der Waals surface area contributed by atoms with Crippen LogP contribution in [0, 0.1) is 17.5 Å². The van der Waals surface area contributed by atoms with E-state index in [1.807, 2.05) is 0 Å². The maximum Gasteiger partial charge on any atom is 0.274 e. The first-order valence-electron chi connectivity index (χ1n) is 12.9. The van der Waals surface area contributed by atoms with Crippen LogP contribution in [-0.4, -0.2) is 57.5 Å². The van der Waals surface area contributed by atoms with E-state index in [-0.39, 0.29) is 31.3 Å². The third-order valence-corrected chi connectivity index (χ3v) is 7.18. The minimum absolute atomic E-state index is 0.0128. The molecule has 5 rings (SSSR count). The Labute approximate surface area is 212 Å². The van der Waals surface area contributed by atoms with Crippen LogP contribution in [0.2, 0.25) is 0 Å². The van der Waals surface area contributed by atoms with Crippen LogP contribution in [0.1, 0.15) is 62.8 Å². The highest BCUT2D eigenvalue weighted by molar-refractivity contribution is 5.99. The number of benzene rings is 1. The number of carbonyl (C=O) groups is 2. The number of aromatic hydroxyl groups is 1. The number of aromatic nitrogens is 1. The van der Waals surface area contributed by atoms with Crippen LogP contribution in [0.3, 0.4) is 0 Å². The van der Waals surface area contributed by atoms with Gasteiger partial charge >= 0.3 is 0 Å². The number of hydrogen-bond acceptors (Lipinski definition) is 7. The highest BCUT2D eigenvalue weighted by Crippen LogP contribution is 2.46. The van der Waals surface area contributed by atoms with Gasteiger partial charge in [-0.2, -0.15) is 0 Å². The molecule has 196 valence electrons. The molecule has 10 nitrogen and oxygen atoms in total. The second-order valence-electron chi connectivity index (χ2n) is 9.29. The maximum atomic E-state index is 14.0. The van der Waals surface area contributed by atoms with Gasteiger partial charge in [0.15, 0.2) is 17.0 Å². The molecule has 13 heteroatoms. The predicted octanol–water partition coefficient (Wildman–Crippen LogP) is 2.20. The second kappa shape index (κ2) is 8.82. The Morgan fingerprint density at radius 1 is 1.35 bits per heavy atom. The van der Waals surface area contributed by atoms with Crippen LogP contribution in [0.4, 0.5) is 13.2 Å².